The SMILES string of the molecule is COc1ccc(NC(=O)c2cccc(OCc3cccnc3)c2)cc1NC(C)=O. The predicted octanol–water partition coefficient (Wildman–Crippen LogP) is 3.88. The second-order valence-corrected chi connectivity index (χ2v) is 6.23. The number of hydrogen-bond donors (Lipinski definition) is 2. The zero-order chi connectivity index (χ0) is 20.6. The minimum Gasteiger partial charge on any atom is -0.495 e. The van der Waals surface area contributed by atoms with Crippen LogP contribution in [0.25, 0.3) is 0 Å². The Balaban J connectivity index is 1.70. The molecule has 0 unspecified atom stereocenters. The largest absolute Gasteiger partial charge is 0.495 e. The molecule has 0 aliphatic carbocycles. The molecule has 0 aliphatic rings. The van der Waals surface area contributed by atoms with E-state index in [0.29, 0.717) is 35.0 Å². The first-order valence-corrected chi connectivity index (χ1v) is 8.94. The standard InChI is InChI=1S/C22H21N3O4/c1-15(26)24-20-12-18(8-9-21(20)28-2)25-22(27)17-6-3-7-19(11-17)29-14-16-5-4-10-23-13-16/h3-13H,14H2,1-2H3,(H,24,26)(H,25,27). The van der Waals surface area contributed by atoms with E-state index in [2.05, 4.69) is 15.6 Å². The molecular formula is C22H21N3O4. The van der Waals surface area contributed by atoms with Crippen LogP contribution in [0.1, 0.15) is 22.8 Å². The maximum Gasteiger partial charge on any atom is 0.255 e. The number of amides is 2. The highest BCUT2D eigenvalue weighted by molar-refractivity contribution is 6.05. The lowest BCUT2D eigenvalue weighted by molar-refractivity contribution is -0.114. The molecule has 2 N–H and O–H groups in total. The highest BCUT2D eigenvalue weighted by Crippen LogP contribution is 2.28. The van der Waals surface area contributed by atoms with Crippen LogP contribution in [-0.2, 0) is 11.4 Å². The van der Waals surface area contributed by atoms with Crippen LogP contribution >= 0.6 is 0 Å². The molecule has 0 spiro atoms. The molecule has 29 heavy (non-hydrogen) atoms. The molecule has 1 aromatic heterocycles. The van der Waals surface area contributed by atoms with Crippen LogP contribution in [0.5, 0.6) is 11.5 Å². The van der Waals surface area contributed by atoms with E-state index in [1.807, 2.05) is 12.1 Å². The molecule has 0 fully saturated rings. The molecule has 7 heteroatoms. The summed E-state index contributed by atoms with van der Waals surface area (Å²) in [5.41, 5.74) is 2.39. The average Bonchev–Trinajstić information content (AvgIpc) is 2.73. The van der Waals surface area contributed by atoms with Crippen LogP contribution in [-0.4, -0.2) is 23.9 Å². The Kier molecular flexibility index (Phi) is 6.42. The molecule has 3 rings (SSSR count). The van der Waals surface area contributed by atoms with Gasteiger partial charge in [0.05, 0.1) is 12.8 Å². The highest BCUT2D eigenvalue weighted by Gasteiger charge is 2.11. The zero-order valence-corrected chi connectivity index (χ0v) is 16.1. The maximum absolute atomic E-state index is 12.6. The number of benzene rings is 2. The van der Waals surface area contributed by atoms with Crippen molar-refractivity contribution in [2.75, 3.05) is 17.7 Å². The van der Waals surface area contributed by atoms with Crippen molar-refractivity contribution in [3.63, 3.8) is 0 Å². The van der Waals surface area contributed by atoms with Crippen LogP contribution < -0.4 is 20.1 Å². The van der Waals surface area contributed by atoms with Crippen LogP contribution in [0.2, 0.25) is 0 Å². The Morgan fingerprint density at radius 1 is 1.03 bits per heavy atom. The van der Waals surface area contributed by atoms with Gasteiger partial charge in [0.1, 0.15) is 18.1 Å². The first-order valence-electron chi connectivity index (χ1n) is 8.94. The summed E-state index contributed by atoms with van der Waals surface area (Å²) in [5, 5.41) is 5.49. The van der Waals surface area contributed by atoms with Gasteiger partial charge in [0.15, 0.2) is 0 Å². The van der Waals surface area contributed by atoms with E-state index in [-0.39, 0.29) is 11.8 Å². The number of ether oxygens (including phenoxy) is 2. The third kappa shape index (κ3) is 5.55. The Morgan fingerprint density at radius 2 is 1.90 bits per heavy atom. The number of pyridine rings is 1. The molecule has 148 valence electrons. The average molecular weight is 391 g/mol. The monoisotopic (exact) mass is 391 g/mol. The molecular weight excluding hydrogens is 370 g/mol. The topological polar surface area (TPSA) is 89.6 Å². The van der Waals surface area contributed by atoms with Crippen LogP contribution in [0.4, 0.5) is 11.4 Å². The number of carbonyl (C=O) groups is 2. The van der Waals surface area contributed by atoms with E-state index in [9.17, 15) is 9.59 Å². The summed E-state index contributed by atoms with van der Waals surface area (Å²) in [6, 6.07) is 15.7. The fraction of sp³-hybridized carbons (Fsp3) is 0.136. The summed E-state index contributed by atoms with van der Waals surface area (Å²) < 4.78 is 11.0. The lowest BCUT2D eigenvalue weighted by Crippen LogP contribution is -2.13. The van der Waals surface area contributed by atoms with E-state index in [1.54, 1.807) is 54.9 Å². The highest BCUT2D eigenvalue weighted by atomic mass is 16.5. The van der Waals surface area contributed by atoms with Crippen LogP contribution in [0.15, 0.2) is 67.0 Å². The van der Waals surface area contributed by atoms with Gasteiger partial charge in [-0.25, -0.2) is 0 Å². The van der Waals surface area contributed by atoms with Crippen molar-refractivity contribution in [2.45, 2.75) is 13.5 Å². The van der Waals surface area contributed by atoms with E-state index in [4.69, 9.17) is 9.47 Å². The molecule has 3 aromatic rings. The van der Waals surface area contributed by atoms with Gasteiger partial charge in [0.25, 0.3) is 5.91 Å². The smallest absolute Gasteiger partial charge is 0.255 e. The number of nitrogens with one attached hydrogen (secondary N) is 2. The Bertz CT molecular complexity index is 1010. The van der Waals surface area contributed by atoms with Gasteiger partial charge in [0.2, 0.25) is 5.91 Å². The van der Waals surface area contributed by atoms with E-state index in [0.717, 1.165) is 5.56 Å². The normalized spacial score (nSPS) is 10.1. The third-order valence-electron chi connectivity index (χ3n) is 3.99. The first kappa shape index (κ1) is 19.9. The van der Waals surface area contributed by atoms with E-state index >= 15 is 0 Å². The molecule has 2 amide bonds. The van der Waals surface area contributed by atoms with Crippen molar-refractivity contribution >= 4 is 23.2 Å². The van der Waals surface area contributed by atoms with Crippen molar-refractivity contribution < 1.29 is 19.1 Å². The zero-order valence-electron chi connectivity index (χ0n) is 16.1. The molecule has 0 radical (unpaired) electrons. The summed E-state index contributed by atoms with van der Waals surface area (Å²) in [7, 11) is 1.51. The summed E-state index contributed by atoms with van der Waals surface area (Å²) in [5.74, 6) is 0.556. The number of hydrogen-bond acceptors (Lipinski definition) is 5. The van der Waals surface area contributed by atoms with E-state index < -0.39 is 0 Å². The molecule has 0 aliphatic heterocycles. The number of carbonyl (C=O) groups excluding carboxylic acids is 2. The Hall–Kier alpha value is -3.87. The molecule has 0 atom stereocenters. The van der Waals surface area contributed by atoms with Gasteiger partial charge in [-0.05, 0) is 42.5 Å². The molecule has 0 bridgehead atoms. The molecule has 7 nitrogen and oxygen atoms in total. The predicted molar refractivity (Wildman–Crippen MR) is 110 cm³/mol. The van der Waals surface area contributed by atoms with Crippen molar-refractivity contribution in [3.8, 4) is 11.5 Å². The number of anilines is 2. The van der Waals surface area contributed by atoms with E-state index in [1.165, 1.54) is 14.0 Å². The fourth-order valence-corrected chi connectivity index (χ4v) is 2.65. The number of methoxy groups -OCH3 is 1. The number of nitrogens with zero attached hydrogens (tertiary/aromatic N) is 1. The molecule has 2 aromatic carbocycles. The molecule has 0 saturated heterocycles. The summed E-state index contributed by atoms with van der Waals surface area (Å²) in [4.78, 5) is 28.0. The Labute approximate surface area is 168 Å². The minimum absolute atomic E-state index is 0.231. The lowest BCUT2D eigenvalue weighted by atomic mass is 10.2. The quantitative estimate of drug-likeness (QED) is 0.638. The molecule has 1 heterocycles. The van der Waals surface area contributed by atoms with Gasteiger partial charge < -0.3 is 20.1 Å². The van der Waals surface area contributed by atoms with Crippen molar-refractivity contribution in [3.05, 3.63) is 78.1 Å². The Morgan fingerprint density at radius 3 is 2.62 bits per heavy atom. The first-order chi connectivity index (χ1) is 14.0. The second-order valence-electron chi connectivity index (χ2n) is 6.23. The van der Waals surface area contributed by atoms with Crippen molar-refractivity contribution in [1.29, 1.82) is 0 Å². The second kappa shape index (κ2) is 9.36. The van der Waals surface area contributed by atoms with Gasteiger partial charge >= 0.3 is 0 Å². The lowest BCUT2D eigenvalue weighted by Gasteiger charge is -2.12. The van der Waals surface area contributed by atoms with Crippen molar-refractivity contribution in [2.24, 2.45) is 0 Å². The van der Waals surface area contributed by atoms with Gasteiger partial charge in [-0.1, -0.05) is 12.1 Å². The van der Waals surface area contributed by atoms with Gasteiger partial charge in [0, 0.05) is 36.1 Å². The van der Waals surface area contributed by atoms with Crippen LogP contribution in [0, 0.1) is 0 Å². The third-order valence-corrected chi connectivity index (χ3v) is 3.99. The van der Waals surface area contributed by atoms with Crippen molar-refractivity contribution in [1.82, 2.24) is 4.98 Å². The van der Waals surface area contributed by atoms with Gasteiger partial charge in [-0.2, -0.15) is 0 Å². The van der Waals surface area contributed by atoms with Crippen LogP contribution in [0.3, 0.4) is 0 Å². The van der Waals surface area contributed by atoms with Gasteiger partial charge in [-0.15, -0.1) is 0 Å². The number of rotatable bonds is 7. The summed E-state index contributed by atoms with van der Waals surface area (Å²) in [6.07, 6.45) is 3.43. The fourth-order valence-electron chi connectivity index (χ4n) is 2.65. The molecule has 0 saturated carbocycles. The minimum atomic E-state index is -0.296. The maximum atomic E-state index is 12.6. The number of aromatic nitrogens is 1. The summed E-state index contributed by atoms with van der Waals surface area (Å²) in [6.45, 7) is 1.76. The summed E-state index contributed by atoms with van der Waals surface area (Å²) >= 11 is 0. The van der Waals surface area contributed by atoms with Gasteiger partial charge in [-0.3, -0.25) is 14.6 Å².